The summed E-state index contributed by atoms with van der Waals surface area (Å²) in [4.78, 5) is 34.1. The molecule has 1 N–H and O–H groups in total. The molecule has 0 saturated heterocycles. The van der Waals surface area contributed by atoms with Gasteiger partial charge in [0.2, 0.25) is 0 Å². The number of hydrogen-bond donors (Lipinski definition) is 1. The van der Waals surface area contributed by atoms with Crippen LogP contribution >= 0.6 is 11.3 Å². The van der Waals surface area contributed by atoms with E-state index in [1.807, 2.05) is 0 Å². The van der Waals surface area contributed by atoms with Crippen LogP contribution in [0, 0.1) is 11.7 Å². The predicted octanol–water partition coefficient (Wildman–Crippen LogP) is 4.17. The summed E-state index contributed by atoms with van der Waals surface area (Å²) < 4.78 is 18.7. The van der Waals surface area contributed by atoms with Gasteiger partial charge >= 0.3 is 5.97 Å². The van der Waals surface area contributed by atoms with Crippen molar-refractivity contribution in [3.63, 3.8) is 0 Å². The van der Waals surface area contributed by atoms with Crippen molar-refractivity contribution in [3.05, 3.63) is 62.3 Å². The van der Waals surface area contributed by atoms with Crippen LogP contribution in [0.2, 0.25) is 0 Å². The fraction of sp³-hybridized carbons (Fsp3) is 0.350. The normalized spacial score (nSPS) is 17.5. The molecule has 1 aliphatic rings. The largest absolute Gasteiger partial charge is 0.451 e. The van der Waals surface area contributed by atoms with E-state index in [1.54, 1.807) is 18.3 Å². The molecule has 5 nitrogen and oxygen atoms in total. The highest BCUT2D eigenvalue weighted by molar-refractivity contribution is 7.18. The zero-order valence-corrected chi connectivity index (χ0v) is 15.9. The Bertz CT molecular complexity index is 1090. The van der Waals surface area contributed by atoms with Gasteiger partial charge in [0.05, 0.1) is 10.9 Å². The highest BCUT2D eigenvalue weighted by Gasteiger charge is 2.24. The van der Waals surface area contributed by atoms with Gasteiger partial charge in [-0.25, -0.2) is 14.2 Å². The van der Waals surface area contributed by atoms with Gasteiger partial charge in [0.15, 0.2) is 11.9 Å². The van der Waals surface area contributed by atoms with Gasteiger partial charge in [-0.2, -0.15) is 0 Å². The van der Waals surface area contributed by atoms with Crippen LogP contribution in [0.1, 0.15) is 53.0 Å². The zero-order chi connectivity index (χ0) is 19.1. The molecule has 27 heavy (non-hydrogen) atoms. The van der Waals surface area contributed by atoms with Crippen LogP contribution in [0.15, 0.2) is 29.1 Å². The minimum atomic E-state index is -0.754. The van der Waals surface area contributed by atoms with Gasteiger partial charge in [-0.15, -0.1) is 11.3 Å². The lowest BCUT2D eigenvalue weighted by atomic mass is 9.89. The number of H-pyrrole nitrogens is 1. The third-order valence-electron chi connectivity index (χ3n) is 4.91. The smallest absolute Gasteiger partial charge is 0.338 e. The number of ether oxygens (including phenoxy) is 1. The van der Waals surface area contributed by atoms with E-state index in [4.69, 9.17) is 4.74 Å². The van der Waals surface area contributed by atoms with Crippen molar-refractivity contribution in [1.82, 2.24) is 9.97 Å². The molecule has 1 aromatic carbocycles. The Balaban J connectivity index is 1.64. The molecule has 2 atom stereocenters. The van der Waals surface area contributed by atoms with Gasteiger partial charge in [0.1, 0.15) is 10.6 Å². The Kier molecular flexibility index (Phi) is 4.55. The minimum absolute atomic E-state index is 0.117. The maximum absolute atomic E-state index is 13.3. The number of carbonyl (C=O) groups is 1. The van der Waals surface area contributed by atoms with Crippen LogP contribution in [0.3, 0.4) is 0 Å². The quantitative estimate of drug-likeness (QED) is 0.686. The average Bonchev–Trinajstić information content (AvgIpc) is 2.99. The summed E-state index contributed by atoms with van der Waals surface area (Å²) in [5, 5.41) is 0.661. The lowest BCUT2D eigenvalue weighted by Gasteiger charge is -2.17. The number of carbonyl (C=O) groups excluding carboxylic acids is 1. The number of thiophene rings is 1. The summed E-state index contributed by atoms with van der Waals surface area (Å²) in [5.74, 6) is -0.272. The summed E-state index contributed by atoms with van der Waals surface area (Å²) in [6.07, 6.45) is 2.18. The van der Waals surface area contributed by atoms with Crippen LogP contribution in [-0.4, -0.2) is 15.9 Å². The van der Waals surface area contributed by atoms with Crippen LogP contribution in [-0.2, 0) is 17.6 Å². The third kappa shape index (κ3) is 3.39. The molecule has 0 aliphatic heterocycles. The Hall–Kier alpha value is -2.54. The van der Waals surface area contributed by atoms with Gasteiger partial charge in [-0.05, 0) is 55.9 Å². The summed E-state index contributed by atoms with van der Waals surface area (Å²) in [6.45, 7) is 3.85. The number of aromatic nitrogens is 2. The molecule has 4 rings (SSSR count). The minimum Gasteiger partial charge on any atom is -0.451 e. The first-order valence-electron chi connectivity index (χ1n) is 8.93. The van der Waals surface area contributed by atoms with E-state index < -0.39 is 17.9 Å². The summed E-state index contributed by atoms with van der Waals surface area (Å²) in [7, 11) is 0. The monoisotopic (exact) mass is 386 g/mol. The van der Waals surface area contributed by atoms with Gasteiger partial charge in [-0.1, -0.05) is 13.0 Å². The van der Waals surface area contributed by atoms with Crippen molar-refractivity contribution < 1.29 is 13.9 Å². The number of halogens is 1. The lowest BCUT2D eigenvalue weighted by molar-refractivity contribution is 0.0319. The fourth-order valence-corrected chi connectivity index (χ4v) is 4.85. The third-order valence-corrected chi connectivity index (χ3v) is 6.06. The fourth-order valence-electron chi connectivity index (χ4n) is 3.46. The number of fused-ring (bicyclic) bond motifs is 3. The number of benzene rings is 1. The van der Waals surface area contributed by atoms with Crippen molar-refractivity contribution in [1.29, 1.82) is 0 Å². The zero-order valence-electron chi connectivity index (χ0n) is 15.0. The Morgan fingerprint density at radius 3 is 3.04 bits per heavy atom. The van der Waals surface area contributed by atoms with Gasteiger partial charge in [-0.3, -0.25) is 4.79 Å². The van der Waals surface area contributed by atoms with Gasteiger partial charge in [0, 0.05) is 4.88 Å². The number of esters is 1. The molecule has 0 bridgehead atoms. The number of aryl methyl sites for hydroxylation is 1. The number of nitrogens with one attached hydrogen (secondary N) is 1. The Morgan fingerprint density at radius 1 is 1.44 bits per heavy atom. The van der Waals surface area contributed by atoms with E-state index in [9.17, 15) is 14.0 Å². The van der Waals surface area contributed by atoms with E-state index in [0.29, 0.717) is 22.0 Å². The predicted molar refractivity (Wildman–Crippen MR) is 102 cm³/mol. The topological polar surface area (TPSA) is 72.0 Å². The number of aromatic amines is 1. The van der Waals surface area contributed by atoms with Crippen molar-refractivity contribution in [2.45, 2.75) is 39.2 Å². The molecule has 3 aromatic rings. The molecule has 0 fully saturated rings. The molecule has 0 spiro atoms. The highest BCUT2D eigenvalue weighted by atomic mass is 32.1. The van der Waals surface area contributed by atoms with Crippen molar-refractivity contribution in [2.24, 2.45) is 5.92 Å². The highest BCUT2D eigenvalue weighted by Crippen LogP contribution is 2.36. The molecule has 7 heteroatoms. The first-order chi connectivity index (χ1) is 12.9. The van der Waals surface area contributed by atoms with Crippen LogP contribution in [0.4, 0.5) is 4.39 Å². The molecular weight excluding hydrogens is 367 g/mol. The lowest BCUT2D eigenvalue weighted by Crippen LogP contribution is -2.18. The second kappa shape index (κ2) is 6.88. The summed E-state index contributed by atoms with van der Waals surface area (Å²) in [6, 6.07) is 5.29. The molecule has 140 valence electrons. The van der Waals surface area contributed by atoms with Crippen molar-refractivity contribution in [2.75, 3.05) is 0 Å². The average molecular weight is 386 g/mol. The standard InChI is InChI=1S/C20H19FN2O3S/c1-10-6-7-14-15(8-10)27-19-16(14)18(24)22-17(23-19)11(2)26-20(25)12-4-3-5-13(21)9-12/h3-5,9-11H,6-8H2,1-2H3,(H,22,23,24)/t10-,11+/m0/s1. The van der Waals surface area contributed by atoms with Crippen LogP contribution < -0.4 is 5.56 Å². The molecule has 0 saturated carbocycles. The van der Waals surface area contributed by atoms with E-state index in [2.05, 4.69) is 16.9 Å². The molecular formula is C20H19FN2O3S. The maximum atomic E-state index is 13.3. The van der Waals surface area contributed by atoms with Crippen molar-refractivity contribution >= 4 is 27.5 Å². The molecule has 1 aliphatic carbocycles. The second-order valence-electron chi connectivity index (χ2n) is 7.04. The molecule has 2 aromatic heterocycles. The SMILES string of the molecule is C[C@H]1CCc2c(sc3nc([C@@H](C)OC(=O)c4cccc(F)c4)[nH]c(=O)c23)C1. The Morgan fingerprint density at radius 2 is 2.26 bits per heavy atom. The Labute approximate surface area is 159 Å². The summed E-state index contributed by atoms with van der Waals surface area (Å²) >= 11 is 1.55. The van der Waals surface area contributed by atoms with Crippen LogP contribution in [0.5, 0.6) is 0 Å². The van der Waals surface area contributed by atoms with E-state index in [-0.39, 0.29) is 11.1 Å². The van der Waals surface area contributed by atoms with E-state index in [1.165, 1.54) is 23.1 Å². The molecule has 2 heterocycles. The second-order valence-corrected chi connectivity index (χ2v) is 8.12. The first-order valence-corrected chi connectivity index (χ1v) is 9.75. The molecule has 0 unspecified atom stereocenters. The van der Waals surface area contributed by atoms with Crippen LogP contribution in [0.25, 0.3) is 10.2 Å². The number of nitrogens with zero attached hydrogens (tertiary/aromatic N) is 1. The van der Waals surface area contributed by atoms with Gasteiger partial charge < -0.3 is 9.72 Å². The van der Waals surface area contributed by atoms with Crippen molar-refractivity contribution in [3.8, 4) is 0 Å². The molecule has 0 amide bonds. The van der Waals surface area contributed by atoms with Gasteiger partial charge in [0.25, 0.3) is 5.56 Å². The molecule has 0 radical (unpaired) electrons. The first kappa shape index (κ1) is 17.9. The maximum Gasteiger partial charge on any atom is 0.338 e. The summed E-state index contributed by atoms with van der Waals surface area (Å²) in [5.41, 5.74) is 1.03. The number of hydrogen-bond acceptors (Lipinski definition) is 5. The van der Waals surface area contributed by atoms with E-state index in [0.717, 1.165) is 30.9 Å². The number of rotatable bonds is 3. The van der Waals surface area contributed by atoms with E-state index >= 15 is 0 Å².